The summed E-state index contributed by atoms with van der Waals surface area (Å²) < 4.78 is 0. The highest BCUT2D eigenvalue weighted by atomic mass is 35.5. The Bertz CT molecular complexity index is 517. The van der Waals surface area contributed by atoms with Crippen molar-refractivity contribution in [1.82, 2.24) is 4.98 Å². The van der Waals surface area contributed by atoms with E-state index in [1.165, 1.54) is 4.88 Å². The predicted molar refractivity (Wildman–Crippen MR) is 80.2 cm³/mol. The van der Waals surface area contributed by atoms with Crippen molar-refractivity contribution in [3.8, 4) is 0 Å². The van der Waals surface area contributed by atoms with Gasteiger partial charge in [0.2, 0.25) is 0 Å². The fourth-order valence-corrected chi connectivity index (χ4v) is 3.47. The Labute approximate surface area is 122 Å². The van der Waals surface area contributed by atoms with Crippen LogP contribution in [0.5, 0.6) is 0 Å². The van der Waals surface area contributed by atoms with Crippen LogP contribution in [0, 0.1) is 13.8 Å². The zero-order valence-electron chi connectivity index (χ0n) is 10.4. The van der Waals surface area contributed by atoms with Crippen LogP contribution < -0.4 is 0 Å². The van der Waals surface area contributed by atoms with Crippen molar-refractivity contribution in [2.45, 2.75) is 26.2 Å². The van der Waals surface area contributed by atoms with E-state index < -0.39 is 0 Å². The van der Waals surface area contributed by atoms with Crippen molar-refractivity contribution in [3.63, 3.8) is 0 Å². The normalized spacial score (nSPS) is 12.7. The minimum absolute atomic E-state index is 0.227. The summed E-state index contributed by atoms with van der Waals surface area (Å²) in [5, 5.41) is 1.92. The number of nitrogens with zero attached hydrogens (tertiary/aromatic N) is 1. The smallest absolute Gasteiger partial charge is 0.0937 e. The van der Waals surface area contributed by atoms with Gasteiger partial charge in [0.15, 0.2) is 0 Å². The molecule has 4 heteroatoms. The molecular weight excluding hydrogens is 285 g/mol. The van der Waals surface area contributed by atoms with Crippen LogP contribution in [0.3, 0.4) is 0 Å². The summed E-state index contributed by atoms with van der Waals surface area (Å²) in [5.41, 5.74) is 2.22. The molecule has 0 bridgehead atoms. The summed E-state index contributed by atoms with van der Waals surface area (Å²) in [6.45, 7) is 4.14. The largest absolute Gasteiger partial charge is 0.246 e. The van der Waals surface area contributed by atoms with Crippen LogP contribution in [0.4, 0.5) is 0 Å². The molecule has 1 aromatic carbocycles. The molecule has 0 spiro atoms. The summed E-state index contributed by atoms with van der Waals surface area (Å²) in [5.74, 6) is 0.784. The second-order valence-electron chi connectivity index (χ2n) is 4.33. The fraction of sp³-hybridized carbons (Fsp3) is 0.357. The number of rotatable bonds is 4. The lowest BCUT2D eigenvalue weighted by molar-refractivity contribution is 0.759. The number of hydrogen-bond acceptors (Lipinski definition) is 2. The average Bonchev–Trinajstić information content (AvgIpc) is 2.66. The van der Waals surface area contributed by atoms with E-state index in [-0.39, 0.29) is 5.92 Å². The second kappa shape index (κ2) is 6.05. The lowest BCUT2D eigenvalue weighted by atomic mass is 9.98. The number of alkyl halides is 1. The maximum absolute atomic E-state index is 6.22. The van der Waals surface area contributed by atoms with Crippen molar-refractivity contribution in [1.29, 1.82) is 0 Å². The molecule has 0 aliphatic rings. The summed E-state index contributed by atoms with van der Waals surface area (Å²) >= 11 is 14.1. The lowest BCUT2D eigenvalue weighted by Gasteiger charge is -2.14. The van der Waals surface area contributed by atoms with E-state index in [4.69, 9.17) is 23.2 Å². The van der Waals surface area contributed by atoms with Gasteiger partial charge in [0.1, 0.15) is 0 Å². The SMILES string of the molecule is Cc1nc(CC(CCl)c2ccccc2Cl)sc1C. The van der Waals surface area contributed by atoms with Gasteiger partial charge in [-0.25, -0.2) is 4.98 Å². The summed E-state index contributed by atoms with van der Waals surface area (Å²) in [4.78, 5) is 5.85. The molecule has 18 heavy (non-hydrogen) atoms. The van der Waals surface area contributed by atoms with Crippen LogP contribution in [-0.4, -0.2) is 10.9 Å². The van der Waals surface area contributed by atoms with E-state index in [1.807, 2.05) is 31.2 Å². The van der Waals surface area contributed by atoms with Gasteiger partial charge in [0.25, 0.3) is 0 Å². The third-order valence-corrected chi connectivity index (χ3v) is 4.84. The van der Waals surface area contributed by atoms with Crippen molar-refractivity contribution in [2.24, 2.45) is 0 Å². The molecule has 1 aromatic heterocycles. The average molecular weight is 300 g/mol. The molecule has 0 saturated carbocycles. The van der Waals surface area contributed by atoms with Crippen molar-refractivity contribution in [3.05, 3.63) is 50.4 Å². The zero-order chi connectivity index (χ0) is 13.1. The molecule has 1 heterocycles. The number of hydrogen-bond donors (Lipinski definition) is 0. The number of aromatic nitrogens is 1. The molecule has 2 rings (SSSR count). The molecule has 0 fully saturated rings. The van der Waals surface area contributed by atoms with Gasteiger partial charge in [-0.3, -0.25) is 0 Å². The number of benzene rings is 1. The third-order valence-electron chi connectivity index (χ3n) is 3.03. The topological polar surface area (TPSA) is 12.9 Å². The molecule has 1 unspecified atom stereocenters. The Morgan fingerprint density at radius 3 is 2.56 bits per heavy atom. The molecule has 0 saturated heterocycles. The highest BCUT2D eigenvalue weighted by Crippen LogP contribution is 2.30. The number of halogens is 2. The molecule has 0 radical (unpaired) electrons. The molecular formula is C14H15Cl2NS. The van der Waals surface area contributed by atoms with Gasteiger partial charge in [0, 0.05) is 28.1 Å². The van der Waals surface area contributed by atoms with Crippen LogP contribution in [0.15, 0.2) is 24.3 Å². The van der Waals surface area contributed by atoms with Crippen LogP contribution in [-0.2, 0) is 6.42 Å². The monoisotopic (exact) mass is 299 g/mol. The molecule has 0 aliphatic heterocycles. The predicted octanol–water partition coefficient (Wildman–Crippen LogP) is 4.98. The maximum atomic E-state index is 6.22. The maximum Gasteiger partial charge on any atom is 0.0937 e. The summed E-state index contributed by atoms with van der Waals surface area (Å²) in [6.07, 6.45) is 0.854. The van der Waals surface area contributed by atoms with Gasteiger partial charge < -0.3 is 0 Å². The Morgan fingerprint density at radius 2 is 2.00 bits per heavy atom. The number of aryl methyl sites for hydroxylation is 2. The Morgan fingerprint density at radius 1 is 1.28 bits per heavy atom. The van der Waals surface area contributed by atoms with E-state index in [0.29, 0.717) is 5.88 Å². The first-order chi connectivity index (χ1) is 8.61. The minimum Gasteiger partial charge on any atom is -0.246 e. The van der Waals surface area contributed by atoms with Crippen molar-refractivity contribution < 1.29 is 0 Å². The molecule has 0 aliphatic carbocycles. The third kappa shape index (κ3) is 3.05. The van der Waals surface area contributed by atoms with Gasteiger partial charge in [0.05, 0.1) is 10.7 Å². The number of thiazole rings is 1. The Hall–Kier alpha value is -0.570. The summed E-state index contributed by atoms with van der Waals surface area (Å²) in [6, 6.07) is 7.89. The quantitative estimate of drug-likeness (QED) is 0.726. The van der Waals surface area contributed by atoms with E-state index in [9.17, 15) is 0 Å². The van der Waals surface area contributed by atoms with Crippen LogP contribution in [0.2, 0.25) is 5.02 Å². The Kier molecular flexibility index (Phi) is 4.66. The van der Waals surface area contributed by atoms with Crippen LogP contribution in [0.1, 0.15) is 27.1 Å². The van der Waals surface area contributed by atoms with Gasteiger partial charge in [-0.1, -0.05) is 29.8 Å². The first-order valence-corrected chi connectivity index (χ1v) is 7.58. The second-order valence-corrected chi connectivity index (χ2v) is 6.33. The lowest BCUT2D eigenvalue weighted by Crippen LogP contribution is -2.05. The van der Waals surface area contributed by atoms with Gasteiger partial charge in [-0.15, -0.1) is 22.9 Å². The molecule has 96 valence electrons. The summed E-state index contributed by atoms with van der Waals surface area (Å²) in [7, 11) is 0. The first-order valence-electron chi connectivity index (χ1n) is 5.85. The zero-order valence-corrected chi connectivity index (χ0v) is 12.7. The highest BCUT2D eigenvalue weighted by Gasteiger charge is 2.16. The van der Waals surface area contributed by atoms with Crippen LogP contribution in [0.25, 0.3) is 0 Å². The van der Waals surface area contributed by atoms with E-state index >= 15 is 0 Å². The molecule has 0 N–H and O–H groups in total. The molecule has 0 amide bonds. The van der Waals surface area contributed by atoms with Crippen molar-refractivity contribution in [2.75, 3.05) is 5.88 Å². The van der Waals surface area contributed by atoms with Gasteiger partial charge in [-0.2, -0.15) is 0 Å². The van der Waals surface area contributed by atoms with E-state index in [2.05, 4.69) is 11.9 Å². The molecule has 1 nitrogen and oxygen atoms in total. The van der Waals surface area contributed by atoms with Crippen LogP contribution >= 0.6 is 34.5 Å². The minimum atomic E-state index is 0.227. The molecule has 2 aromatic rings. The van der Waals surface area contributed by atoms with Gasteiger partial charge in [-0.05, 0) is 25.5 Å². The molecule has 1 atom stereocenters. The Balaban J connectivity index is 2.22. The first kappa shape index (κ1) is 13.9. The highest BCUT2D eigenvalue weighted by molar-refractivity contribution is 7.11. The van der Waals surface area contributed by atoms with E-state index in [1.54, 1.807) is 11.3 Å². The van der Waals surface area contributed by atoms with Crippen molar-refractivity contribution >= 4 is 34.5 Å². The van der Waals surface area contributed by atoms with E-state index in [0.717, 1.165) is 27.7 Å². The fourth-order valence-electron chi connectivity index (χ4n) is 1.89. The van der Waals surface area contributed by atoms with Gasteiger partial charge >= 0.3 is 0 Å². The standard InChI is InChI=1S/C14H15Cl2NS/c1-9-10(2)18-14(17-9)7-11(8-15)12-5-3-4-6-13(12)16/h3-6,11H,7-8H2,1-2H3.